The maximum absolute atomic E-state index is 5.42. The van der Waals surface area contributed by atoms with E-state index in [-0.39, 0.29) is 0 Å². The van der Waals surface area contributed by atoms with Gasteiger partial charge in [-0.25, -0.2) is 0 Å². The number of nitrogens with zero attached hydrogens (tertiary/aromatic N) is 2. The first-order valence-corrected chi connectivity index (χ1v) is 5.39. The molecule has 3 nitrogen and oxygen atoms in total. The fourth-order valence-corrected chi connectivity index (χ4v) is 1.21. The van der Waals surface area contributed by atoms with Crippen LogP contribution in [0.4, 0.5) is 0 Å². The van der Waals surface area contributed by atoms with Crippen molar-refractivity contribution in [2.75, 3.05) is 6.61 Å². The summed E-state index contributed by atoms with van der Waals surface area (Å²) >= 11 is 0. The van der Waals surface area contributed by atoms with Crippen LogP contribution in [0, 0.1) is 0 Å². The van der Waals surface area contributed by atoms with Crippen LogP contribution < -0.4 is 0 Å². The van der Waals surface area contributed by atoms with Gasteiger partial charge in [0.1, 0.15) is 0 Å². The zero-order valence-corrected chi connectivity index (χ0v) is 9.36. The van der Waals surface area contributed by atoms with E-state index in [4.69, 9.17) is 4.74 Å². The third-order valence-electron chi connectivity index (χ3n) is 2.30. The Balaban J connectivity index is 2.42. The van der Waals surface area contributed by atoms with Crippen LogP contribution in [-0.4, -0.2) is 16.4 Å². The summed E-state index contributed by atoms with van der Waals surface area (Å²) in [5.74, 6) is 0. The van der Waals surface area contributed by atoms with Gasteiger partial charge in [-0.1, -0.05) is 13.8 Å². The highest BCUT2D eigenvalue weighted by molar-refractivity contribution is 4.97. The molecule has 3 heteroatoms. The predicted molar refractivity (Wildman–Crippen MR) is 57.2 cm³/mol. The summed E-state index contributed by atoms with van der Waals surface area (Å²) in [6.45, 7) is 7.90. The molecule has 0 fully saturated rings. The van der Waals surface area contributed by atoms with Crippen molar-refractivity contribution >= 4 is 0 Å². The van der Waals surface area contributed by atoms with E-state index in [1.165, 1.54) is 0 Å². The molecule has 0 saturated heterocycles. The highest BCUT2D eigenvalue weighted by Gasteiger charge is 2.03. The van der Waals surface area contributed by atoms with Gasteiger partial charge in [0.05, 0.1) is 12.3 Å². The summed E-state index contributed by atoms with van der Waals surface area (Å²) in [5, 5.41) is 4.44. The Labute approximate surface area is 86.1 Å². The predicted octanol–water partition coefficient (Wildman–Crippen LogP) is 2.78. The summed E-state index contributed by atoms with van der Waals surface area (Å²) in [5.41, 5.74) is 1.03. The molecule has 0 bridgehead atoms. The third-order valence-corrected chi connectivity index (χ3v) is 2.30. The Bertz CT molecular complexity index is 258. The Kier molecular flexibility index (Phi) is 4.66. The van der Waals surface area contributed by atoms with E-state index in [0.717, 1.165) is 25.1 Å². The largest absolute Gasteiger partial charge is 0.375 e. The molecule has 0 N–H and O–H groups in total. The molecule has 0 aromatic carbocycles. The SMILES string of the molecule is CCCOCc1ccn([C@H](C)CC)n1. The molecule has 1 atom stereocenters. The fourth-order valence-electron chi connectivity index (χ4n) is 1.21. The summed E-state index contributed by atoms with van der Waals surface area (Å²) in [6, 6.07) is 2.51. The van der Waals surface area contributed by atoms with Crippen LogP contribution in [0.5, 0.6) is 0 Å². The van der Waals surface area contributed by atoms with E-state index in [1.807, 2.05) is 16.9 Å². The van der Waals surface area contributed by atoms with Crippen molar-refractivity contribution < 1.29 is 4.74 Å². The molecular formula is C11H20N2O. The van der Waals surface area contributed by atoms with Crippen molar-refractivity contribution in [3.05, 3.63) is 18.0 Å². The second kappa shape index (κ2) is 5.81. The van der Waals surface area contributed by atoms with Crippen LogP contribution in [0.3, 0.4) is 0 Å². The second-order valence-electron chi connectivity index (χ2n) is 3.60. The highest BCUT2D eigenvalue weighted by atomic mass is 16.5. The smallest absolute Gasteiger partial charge is 0.0906 e. The Morgan fingerprint density at radius 3 is 2.93 bits per heavy atom. The highest BCUT2D eigenvalue weighted by Crippen LogP contribution is 2.09. The van der Waals surface area contributed by atoms with Crippen LogP contribution in [0.15, 0.2) is 12.3 Å². The average molecular weight is 196 g/mol. The zero-order chi connectivity index (χ0) is 10.4. The molecule has 14 heavy (non-hydrogen) atoms. The van der Waals surface area contributed by atoms with E-state index >= 15 is 0 Å². The maximum Gasteiger partial charge on any atom is 0.0906 e. The minimum Gasteiger partial charge on any atom is -0.375 e. The normalized spacial score (nSPS) is 13.1. The second-order valence-corrected chi connectivity index (χ2v) is 3.60. The lowest BCUT2D eigenvalue weighted by molar-refractivity contribution is 0.118. The van der Waals surface area contributed by atoms with Gasteiger partial charge < -0.3 is 4.74 Å². The fraction of sp³-hybridized carbons (Fsp3) is 0.727. The van der Waals surface area contributed by atoms with Crippen LogP contribution in [0.2, 0.25) is 0 Å². The number of hydrogen-bond donors (Lipinski definition) is 0. The Morgan fingerprint density at radius 2 is 2.29 bits per heavy atom. The lowest BCUT2D eigenvalue weighted by atomic mass is 10.3. The average Bonchev–Trinajstić information content (AvgIpc) is 2.66. The van der Waals surface area contributed by atoms with Crippen LogP contribution in [0.1, 0.15) is 45.3 Å². The summed E-state index contributed by atoms with van der Waals surface area (Å²) in [7, 11) is 0. The minimum atomic E-state index is 0.481. The first-order chi connectivity index (χ1) is 6.77. The molecule has 1 rings (SSSR count). The van der Waals surface area contributed by atoms with Gasteiger partial charge in [-0.15, -0.1) is 0 Å². The van der Waals surface area contributed by atoms with Gasteiger partial charge in [-0.3, -0.25) is 4.68 Å². The number of hydrogen-bond acceptors (Lipinski definition) is 2. The molecular weight excluding hydrogens is 176 g/mol. The summed E-state index contributed by atoms with van der Waals surface area (Å²) in [6.07, 6.45) is 4.20. The van der Waals surface area contributed by atoms with Crippen LogP contribution in [0.25, 0.3) is 0 Å². The van der Waals surface area contributed by atoms with E-state index < -0.39 is 0 Å². The van der Waals surface area contributed by atoms with E-state index in [0.29, 0.717) is 12.6 Å². The van der Waals surface area contributed by atoms with Gasteiger partial charge in [0.15, 0.2) is 0 Å². The molecule has 0 aliphatic heterocycles. The Morgan fingerprint density at radius 1 is 1.50 bits per heavy atom. The van der Waals surface area contributed by atoms with Gasteiger partial charge >= 0.3 is 0 Å². The minimum absolute atomic E-state index is 0.481. The van der Waals surface area contributed by atoms with Crippen molar-refractivity contribution in [2.24, 2.45) is 0 Å². The summed E-state index contributed by atoms with van der Waals surface area (Å²) < 4.78 is 7.42. The number of aromatic nitrogens is 2. The van der Waals surface area contributed by atoms with Crippen LogP contribution in [-0.2, 0) is 11.3 Å². The van der Waals surface area contributed by atoms with E-state index in [2.05, 4.69) is 25.9 Å². The molecule has 0 aliphatic rings. The molecule has 0 radical (unpaired) electrons. The van der Waals surface area contributed by atoms with Crippen molar-refractivity contribution in [1.29, 1.82) is 0 Å². The molecule has 0 spiro atoms. The van der Waals surface area contributed by atoms with Gasteiger partial charge in [0, 0.05) is 18.8 Å². The molecule has 80 valence electrons. The van der Waals surface area contributed by atoms with E-state index in [9.17, 15) is 0 Å². The first-order valence-electron chi connectivity index (χ1n) is 5.39. The third kappa shape index (κ3) is 3.14. The summed E-state index contributed by atoms with van der Waals surface area (Å²) in [4.78, 5) is 0. The van der Waals surface area contributed by atoms with Crippen molar-refractivity contribution in [3.63, 3.8) is 0 Å². The van der Waals surface area contributed by atoms with Gasteiger partial charge in [-0.2, -0.15) is 5.10 Å². The lowest BCUT2D eigenvalue weighted by Crippen LogP contribution is -2.05. The molecule has 1 aromatic rings. The van der Waals surface area contributed by atoms with Crippen LogP contribution >= 0.6 is 0 Å². The molecule has 1 aromatic heterocycles. The molecule has 0 unspecified atom stereocenters. The first kappa shape index (κ1) is 11.2. The quantitative estimate of drug-likeness (QED) is 0.654. The van der Waals surface area contributed by atoms with Crippen molar-refractivity contribution in [1.82, 2.24) is 9.78 Å². The Hall–Kier alpha value is -0.830. The van der Waals surface area contributed by atoms with Crippen molar-refractivity contribution in [3.8, 4) is 0 Å². The standard InChI is InChI=1S/C11H20N2O/c1-4-8-14-9-11-6-7-13(12-11)10(3)5-2/h6-7,10H,4-5,8-9H2,1-3H3/t10-/m1/s1. The number of rotatable bonds is 6. The molecule has 0 saturated carbocycles. The van der Waals surface area contributed by atoms with Gasteiger partial charge in [0.25, 0.3) is 0 Å². The molecule has 0 amide bonds. The topological polar surface area (TPSA) is 27.1 Å². The van der Waals surface area contributed by atoms with Crippen molar-refractivity contribution in [2.45, 2.75) is 46.3 Å². The monoisotopic (exact) mass is 196 g/mol. The van der Waals surface area contributed by atoms with Gasteiger partial charge in [0.2, 0.25) is 0 Å². The van der Waals surface area contributed by atoms with E-state index in [1.54, 1.807) is 0 Å². The maximum atomic E-state index is 5.42. The van der Waals surface area contributed by atoms with Gasteiger partial charge in [-0.05, 0) is 25.8 Å². The molecule has 0 aliphatic carbocycles. The lowest BCUT2D eigenvalue weighted by Gasteiger charge is -2.08. The zero-order valence-electron chi connectivity index (χ0n) is 9.36. The molecule has 1 heterocycles. The number of ether oxygens (including phenoxy) is 1.